The summed E-state index contributed by atoms with van der Waals surface area (Å²) in [6, 6.07) is 7.38. The minimum atomic E-state index is -0.414. The molecule has 1 aromatic carbocycles. The number of ether oxygens (including phenoxy) is 1. The molecular formula is C12H10BrNO2. The highest BCUT2D eigenvalue weighted by Gasteiger charge is 2.01. The molecule has 0 saturated heterocycles. The zero-order valence-corrected chi connectivity index (χ0v) is 10.3. The van der Waals surface area contributed by atoms with Gasteiger partial charge in [-0.25, -0.2) is 4.79 Å². The second-order valence-corrected chi connectivity index (χ2v) is 3.58. The highest BCUT2D eigenvalue weighted by atomic mass is 79.9. The van der Waals surface area contributed by atoms with Crippen LogP contribution in [0, 0.1) is 11.3 Å². The molecule has 0 amide bonds. The summed E-state index contributed by atoms with van der Waals surface area (Å²) < 4.78 is 4.50. The number of methoxy groups -OCH3 is 1. The van der Waals surface area contributed by atoms with Crippen molar-refractivity contribution >= 4 is 28.0 Å². The fourth-order valence-corrected chi connectivity index (χ4v) is 1.68. The fourth-order valence-electron chi connectivity index (χ4n) is 1.17. The molecule has 0 saturated carbocycles. The molecule has 0 spiro atoms. The molecule has 4 heteroatoms. The number of hydrogen-bond acceptors (Lipinski definition) is 3. The largest absolute Gasteiger partial charge is 0.466 e. The van der Waals surface area contributed by atoms with Gasteiger partial charge < -0.3 is 4.74 Å². The van der Waals surface area contributed by atoms with Gasteiger partial charge >= 0.3 is 5.97 Å². The Labute approximate surface area is 102 Å². The van der Waals surface area contributed by atoms with Crippen LogP contribution in [0.3, 0.4) is 0 Å². The first-order valence-electron chi connectivity index (χ1n) is 4.56. The van der Waals surface area contributed by atoms with Crippen LogP contribution in [-0.4, -0.2) is 13.1 Å². The van der Waals surface area contributed by atoms with Gasteiger partial charge in [0.25, 0.3) is 0 Å². The van der Waals surface area contributed by atoms with Gasteiger partial charge in [0.15, 0.2) is 0 Å². The van der Waals surface area contributed by atoms with Crippen molar-refractivity contribution in [1.29, 1.82) is 5.26 Å². The van der Waals surface area contributed by atoms with Gasteiger partial charge in [-0.1, -0.05) is 22.0 Å². The first-order valence-corrected chi connectivity index (χ1v) is 5.68. The standard InChI is InChI=1S/C12H10BrNO2/c1-16-12(15)5-4-10-6-9(8-14)2-3-11(10)7-13/h2-6H,7H2,1H3. The Balaban J connectivity index is 3.05. The van der Waals surface area contributed by atoms with E-state index in [0.717, 1.165) is 11.1 Å². The van der Waals surface area contributed by atoms with Crippen molar-refractivity contribution in [2.75, 3.05) is 7.11 Å². The average molecular weight is 280 g/mol. The first kappa shape index (κ1) is 12.5. The normalized spacial score (nSPS) is 10.1. The Kier molecular flexibility index (Phi) is 4.74. The van der Waals surface area contributed by atoms with E-state index in [1.165, 1.54) is 13.2 Å². The molecule has 0 fully saturated rings. The van der Waals surface area contributed by atoms with Crippen LogP contribution < -0.4 is 0 Å². The molecule has 0 atom stereocenters. The summed E-state index contributed by atoms with van der Waals surface area (Å²) in [5, 5.41) is 9.44. The summed E-state index contributed by atoms with van der Waals surface area (Å²) in [6.07, 6.45) is 2.98. The third-order valence-electron chi connectivity index (χ3n) is 2.02. The van der Waals surface area contributed by atoms with Crippen LogP contribution in [0.15, 0.2) is 24.3 Å². The first-order chi connectivity index (χ1) is 7.71. The number of carbonyl (C=O) groups is 1. The molecule has 1 aromatic rings. The highest BCUT2D eigenvalue weighted by molar-refractivity contribution is 9.08. The lowest BCUT2D eigenvalue weighted by Gasteiger charge is -2.02. The van der Waals surface area contributed by atoms with Crippen molar-refractivity contribution in [2.45, 2.75) is 5.33 Å². The third-order valence-corrected chi connectivity index (χ3v) is 2.62. The minimum absolute atomic E-state index is 0.414. The molecule has 0 N–H and O–H groups in total. The third kappa shape index (κ3) is 3.21. The van der Waals surface area contributed by atoms with Crippen LogP contribution in [-0.2, 0) is 14.9 Å². The lowest BCUT2D eigenvalue weighted by Crippen LogP contribution is -1.94. The van der Waals surface area contributed by atoms with E-state index in [1.54, 1.807) is 18.2 Å². The lowest BCUT2D eigenvalue weighted by atomic mass is 10.1. The number of rotatable bonds is 3. The van der Waals surface area contributed by atoms with E-state index in [2.05, 4.69) is 26.7 Å². The number of nitriles is 1. The van der Waals surface area contributed by atoms with E-state index in [0.29, 0.717) is 10.9 Å². The maximum Gasteiger partial charge on any atom is 0.330 e. The number of esters is 1. The zero-order chi connectivity index (χ0) is 12.0. The van der Waals surface area contributed by atoms with Crippen LogP contribution in [0.25, 0.3) is 6.08 Å². The summed E-state index contributed by atoms with van der Waals surface area (Å²) in [4.78, 5) is 11.0. The molecular weight excluding hydrogens is 270 g/mol. The van der Waals surface area contributed by atoms with E-state index in [9.17, 15) is 4.79 Å². The smallest absolute Gasteiger partial charge is 0.330 e. The van der Waals surface area contributed by atoms with Gasteiger partial charge in [0, 0.05) is 11.4 Å². The number of nitrogens with zero attached hydrogens (tertiary/aromatic N) is 1. The minimum Gasteiger partial charge on any atom is -0.466 e. The Morgan fingerprint density at radius 1 is 1.62 bits per heavy atom. The van der Waals surface area contributed by atoms with Crippen molar-refractivity contribution in [2.24, 2.45) is 0 Å². The van der Waals surface area contributed by atoms with E-state index in [4.69, 9.17) is 5.26 Å². The topological polar surface area (TPSA) is 50.1 Å². The van der Waals surface area contributed by atoms with E-state index < -0.39 is 5.97 Å². The lowest BCUT2D eigenvalue weighted by molar-refractivity contribution is -0.134. The number of halogens is 1. The number of alkyl halides is 1. The van der Waals surface area contributed by atoms with Crippen LogP contribution in [0.2, 0.25) is 0 Å². The van der Waals surface area contributed by atoms with Crippen molar-refractivity contribution in [3.8, 4) is 6.07 Å². The summed E-state index contributed by atoms with van der Waals surface area (Å²) in [6.45, 7) is 0. The molecule has 0 unspecified atom stereocenters. The SMILES string of the molecule is COC(=O)C=Cc1cc(C#N)ccc1CBr. The molecule has 0 bridgehead atoms. The Morgan fingerprint density at radius 3 is 2.94 bits per heavy atom. The van der Waals surface area contributed by atoms with Crippen LogP contribution in [0.5, 0.6) is 0 Å². The molecule has 1 rings (SSSR count). The Bertz CT molecular complexity index is 461. The summed E-state index contributed by atoms with van der Waals surface area (Å²) in [5.41, 5.74) is 2.41. The van der Waals surface area contributed by atoms with Crippen molar-refractivity contribution in [3.63, 3.8) is 0 Å². The molecule has 0 aliphatic carbocycles. The zero-order valence-electron chi connectivity index (χ0n) is 8.74. The molecule has 0 aromatic heterocycles. The molecule has 0 aliphatic rings. The van der Waals surface area contributed by atoms with E-state index in [1.807, 2.05) is 6.07 Å². The predicted octanol–water partition coefficient (Wildman–Crippen LogP) is 2.64. The maximum atomic E-state index is 11.0. The molecule has 82 valence electrons. The number of benzene rings is 1. The van der Waals surface area contributed by atoms with Crippen LogP contribution in [0.1, 0.15) is 16.7 Å². The summed E-state index contributed by atoms with van der Waals surface area (Å²) in [5.74, 6) is -0.414. The number of carbonyl (C=O) groups excluding carboxylic acids is 1. The molecule has 0 heterocycles. The van der Waals surface area contributed by atoms with Crippen LogP contribution in [0.4, 0.5) is 0 Å². The molecule has 0 aliphatic heterocycles. The maximum absolute atomic E-state index is 11.0. The van der Waals surface area contributed by atoms with Gasteiger partial charge in [-0.05, 0) is 29.3 Å². The summed E-state index contributed by atoms with van der Waals surface area (Å²) >= 11 is 3.35. The van der Waals surface area contributed by atoms with E-state index >= 15 is 0 Å². The van der Waals surface area contributed by atoms with Crippen molar-refractivity contribution < 1.29 is 9.53 Å². The monoisotopic (exact) mass is 279 g/mol. The highest BCUT2D eigenvalue weighted by Crippen LogP contribution is 2.16. The quantitative estimate of drug-likeness (QED) is 0.486. The van der Waals surface area contributed by atoms with Gasteiger partial charge in [0.2, 0.25) is 0 Å². The Morgan fingerprint density at radius 2 is 2.38 bits per heavy atom. The van der Waals surface area contributed by atoms with Gasteiger partial charge in [0.05, 0.1) is 18.7 Å². The predicted molar refractivity (Wildman–Crippen MR) is 64.8 cm³/mol. The van der Waals surface area contributed by atoms with Crippen molar-refractivity contribution in [3.05, 3.63) is 41.0 Å². The molecule has 16 heavy (non-hydrogen) atoms. The second kappa shape index (κ2) is 6.09. The van der Waals surface area contributed by atoms with Crippen LogP contribution >= 0.6 is 15.9 Å². The van der Waals surface area contributed by atoms with Gasteiger partial charge in [-0.2, -0.15) is 5.26 Å². The fraction of sp³-hybridized carbons (Fsp3) is 0.167. The second-order valence-electron chi connectivity index (χ2n) is 3.02. The van der Waals surface area contributed by atoms with Gasteiger partial charge in [0.1, 0.15) is 0 Å². The molecule has 0 radical (unpaired) electrons. The molecule has 3 nitrogen and oxygen atoms in total. The van der Waals surface area contributed by atoms with E-state index in [-0.39, 0.29) is 0 Å². The summed E-state index contributed by atoms with van der Waals surface area (Å²) in [7, 11) is 1.32. The number of hydrogen-bond donors (Lipinski definition) is 0. The van der Waals surface area contributed by atoms with Gasteiger partial charge in [-0.3, -0.25) is 0 Å². The average Bonchev–Trinajstić information content (AvgIpc) is 2.35. The van der Waals surface area contributed by atoms with Crippen molar-refractivity contribution in [1.82, 2.24) is 0 Å². The van der Waals surface area contributed by atoms with Gasteiger partial charge in [-0.15, -0.1) is 0 Å². The Hall–Kier alpha value is -1.60.